The van der Waals surface area contributed by atoms with E-state index < -0.39 is 97.5 Å². The fourth-order valence-electron chi connectivity index (χ4n) is 10.6. The molecule has 0 saturated carbocycles. The first-order chi connectivity index (χ1) is 43.1. The normalized spacial score (nSPS) is 14.4. The molecular weight excluding hydrogens is 1170 g/mol. The molecular formula is C70H136O17P2. The summed E-state index contributed by atoms with van der Waals surface area (Å²) in [5.41, 5.74) is 0. The van der Waals surface area contributed by atoms with Crippen LogP contribution in [0.3, 0.4) is 0 Å². The Bertz CT molecular complexity index is 1720. The first kappa shape index (κ1) is 87.1. The lowest BCUT2D eigenvalue weighted by atomic mass is 10.00. The molecule has 528 valence electrons. The molecule has 0 spiro atoms. The summed E-state index contributed by atoms with van der Waals surface area (Å²) in [7, 11) is -9.90. The van der Waals surface area contributed by atoms with E-state index in [0.717, 1.165) is 102 Å². The van der Waals surface area contributed by atoms with Gasteiger partial charge in [-0.05, 0) is 31.6 Å². The van der Waals surface area contributed by atoms with E-state index in [1.165, 1.54) is 180 Å². The van der Waals surface area contributed by atoms with Gasteiger partial charge in [0.15, 0.2) is 12.2 Å². The molecule has 0 rings (SSSR count). The second kappa shape index (κ2) is 63.5. The van der Waals surface area contributed by atoms with Gasteiger partial charge < -0.3 is 33.8 Å². The number of hydrogen-bond donors (Lipinski definition) is 3. The van der Waals surface area contributed by atoms with E-state index in [0.29, 0.717) is 25.7 Å². The number of unbranched alkanes of at least 4 members (excludes halogenated alkanes) is 41. The van der Waals surface area contributed by atoms with Gasteiger partial charge in [0.2, 0.25) is 0 Å². The van der Waals surface area contributed by atoms with E-state index in [1.807, 2.05) is 0 Å². The third-order valence-electron chi connectivity index (χ3n) is 16.6. The zero-order valence-corrected chi connectivity index (χ0v) is 59.4. The summed E-state index contributed by atoms with van der Waals surface area (Å²) < 4.78 is 68.3. The van der Waals surface area contributed by atoms with Gasteiger partial charge in [0.25, 0.3) is 0 Å². The fraction of sp³-hybridized carbons (Fsp3) is 0.943. The quantitative estimate of drug-likeness (QED) is 0.0222. The number of ether oxygens (including phenoxy) is 4. The molecule has 3 N–H and O–H groups in total. The molecule has 0 fully saturated rings. The van der Waals surface area contributed by atoms with Gasteiger partial charge >= 0.3 is 39.5 Å². The number of phosphoric acid groups is 2. The van der Waals surface area contributed by atoms with E-state index >= 15 is 0 Å². The van der Waals surface area contributed by atoms with Crippen LogP contribution in [0.2, 0.25) is 0 Å². The van der Waals surface area contributed by atoms with E-state index in [1.54, 1.807) is 0 Å². The van der Waals surface area contributed by atoms with E-state index in [-0.39, 0.29) is 25.7 Å². The van der Waals surface area contributed by atoms with Crippen molar-refractivity contribution >= 4 is 39.5 Å². The van der Waals surface area contributed by atoms with Gasteiger partial charge in [-0.1, -0.05) is 311 Å². The maximum atomic E-state index is 13.0. The molecule has 89 heavy (non-hydrogen) atoms. The van der Waals surface area contributed by atoms with Crippen molar-refractivity contribution in [2.45, 2.75) is 380 Å². The largest absolute Gasteiger partial charge is 0.472 e. The molecule has 0 saturated heterocycles. The van der Waals surface area contributed by atoms with Gasteiger partial charge in [0.1, 0.15) is 19.3 Å². The summed E-state index contributed by atoms with van der Waals surface area (Å²) in [4.78, 5) is 72.5. The van der Waals surface area contributed by atoms with Crippen molar-refractivity contribution in [3.8, 4) is 0 Å². The number of aliphatic hydroxyl groups excluding tert-OH is 1. The minimum absolute atomic E-state index is 0.106. The van der Waals surface area contributed by atoms with Crippen molar-refractivity contribution in [2.75, 3.05) is 39.6 Å². The minimum atomic E-state index is -4.95. The molecule has 6 atom stereocenters. The van der Waals surface area contributed by atoms with E-state index in [9.17, 15) is 43.2 Å². The summed E-state index contributed by atoms with van der Waals surface area (Å²) in [6, 6.07) is 0. The zero-order chi connectivity index (χ0) is 65.6. The number of aliphatic hydroxyl groups is 1. The molecule has 0 aliphatic heterocycles. The predicted octanol–water partition coefficient (Wildman–Crippen LogP) is 20.1. The molecule has 3 unspecified atom stereocenters. The number of carbonyl (C=O) groups excluding carboxylic acids is 4. The smallest absolute Gasteiger partial charge is 0.462 e. The molecule has 0 aromatic heterocycles. The minimum Gasteiger partial charge on any atom is -0.462 e. The van der Waals surface area contributed by atoms with Crippen LogP contribution in [-0.2, 0) is 65.4 Å². The van der Waals surface area contributed by atoms with Crippen LogP contribution < -0.4 is 0 Å². The Morgan fingerprint density at radius 3 is 0.798 bits per heavy atom. The Balaban J connectivity index is 5.25. The molecule has 0 heterocycles. The van der Waals surface area contributed by atoms with Crippen molar-refractivity contribution in [3.05, 3.63) is 0 Å². The predicted molar refractivity (Wildman–Crippen MR) is 358 cm³/mol. The van der Waals surface area contributed by atoms with Gasteiger partial charge in [0, 0.05) is 25.7 Å². The second-order valence-corrected chi connectivity index (χ2v) is 28.4. The Morgan fingerprint density at radius 1 is 0.315 bits per heavy atom. The zero-order valence-electron chi connectivity index (χ0n) is 57.6. The topological polar surface area (TPSA) is 237 Å². The average Bonchev–Trinajstić information content (AvgIpc) is 3.58. The van der Waals surface area contributed by atoms with Gasteiger partial charge in [0.05, 0.1) is 26.4 Å². The van der Waals surface area contributed by atoms with Crippen LogP contribution >= 0.6 is 15.6 Å². The lowest BCUT2D eigenvalue weighted by Crippen LogP contribution is -2.30. The summed E-state index contributed by atoms with van der Waals surface area (Å²) >= 11 is 0. The highest BCUT2D eigenvalue weighted by Gasteiger charge is 2.30. The number of carbonyl (C=O) groups is 4. The van der Waals surface area contributed by atoms with Crippen molar-refractivity contribution in [1.82, 2.24) is 0 Å². The molecule has 19 heteroatoms. The third-order valence-corrected chi connectivity index (χ3v) is 18.5. The highest BCUT2D eigenvalue weighted by molar-refractivity contribution is 7.47. The average molecular weight is 1310 g/mol. The first-order valence-corrected chi connectivity index (χ1v) is 39.7. The van der Waals surface area contributed by atoms with E-state index in [2.05, 4.69) is 34.6 Å². The molecule has 0 aromatic carbocycles. The van der Waals surface area contributed by atoms with Crippen molar-refractivity contribution < 1.29 is 80.2 Å². The van der Waals surface area contributed by atoms with Gasteiger partial charge in [-0.2, -0.15) is 0 Å². The summed E-state index contributed by atoms with van der Waals surface area (Å²) in [6.45, 7) is 7.21. The monoisotopic (exact) mass is 1310 g/mol. The molecule has 0 aliphatic rings. The van der Waals surface area contributed by atoms with Crippen molar-refractivity contribution in [1.29, 1.82) is 0 Å². The maximum absolute atomic E-state index is 13.0. The first-order valence-electron chi connectivity index (χ1n) is 36.7. The summed E-state index contributed by atoms with van der Waals surface area (Å²) in [5, 5.41) is 10.6. The van der Waals surface area contributed by atoms with Crippen LogP contribution in [0.5, 0.6) is 0 Å². The highest BCUT2D eigenvalue weighted by Crippen LogP contribution is 2.45. The number of phosphoric ester groups is 2. The molecule has 0 bridgehead atoms. The van der Waals surface area contributed by atoms with E-state index in [4.69, 9.17) is 37.0 Å². The Hall–Kier alpha value is -1.94. The van der Waals surface area contributed by atoms with Crippen LogP contribution in [0.25, 0.3) is 0 Å². The third kappa shape index (κ3) is 63.2. The van der Waals surface area contributed by atoms with Gasteiger partial charge in [-0.3, -0.25) is 37.3 Å². The van der Waals surface area contributed by atoms with Crippen molar-refractivity contribution in [2.24, 2.45) is 5.92 Å². The second-order valence-electron chi connectivity index (χ2n) is 25.5. The SMILES string of the molecule is CCCCCCCCCCCCCCCCC(=O)OC[C@H](COP(=O)(O)OC[C@@H](O)COP(=O)(O)OC[C@@H](COC(=O)CCCCCCCCC(C)CC)OC(=O)CCCCCCCCCCCCC)OC(=O)CCCCCCCCCCCCCCCC. The fourth-order valence-corrected chi connectivity index (χ4v) is 12.2. The molecule has 17 nitrogen and oxygen atoms in total. The van der Waals surface area contributed by atoms with Crippen LogP contribution in [0.4, 0.5) is 0 Å². The lowest BCUT2D eigenvalue weighted by Gasteiger charge is -2.21. The number of rotatable bonds is 70. The lowest BCUT2D eigenvalue weighted by molar-refractivity contribution is -0.161. The molecule has 0 radical (unpaired) electrons. The number of hydrogen-bond acceptors (Lipinski definition) is 15. The van der Waals surface area contributed by atoms with Gasteiger partial charge in [-0.25, -0.2) is 9.13 Å². The number of esters is 4. The van der Waals surface area contributed by atoms with Crippen LogP contribution in [0.1, 0.15) is 362 Å². The summed E-state index contributed by atoms with van der Waals surface area (Å²) in [5.74, 6) is -1.39. The maximum Gasteiger partial charge on any atom is 0.472 e. The molecule has 0 aliphatic carbocycles. The standard InChI is InChI=1S/C70H136O17P2/c1-6-10-13-16-19-22-25-27-29-32-34-37-43-48-53-67(72)80-59-65(86-70(75)56-51-46-39-36-33-30-28-26-23-20-17-14-11-7-2)61-84-88(76,77)82-57-64(71)58-83-89(78,79)85-62-66(60-81-68(73)54-49-44-41-40-42-47-52-63(5)9-4)87-69(74)55-50-45-38-35-31-24-21-18-15-12-8-3/h63-66,71H,6-62H2,1-5H3,(H,76,77)(H,78,79)/t63?,64-,65-,66-/m1/s1. The van der Waals surface area contributed by atoms with Crippen molar-refractivity contribution in [3.63, 3.8) is 0 Å². The van der Waals surface area contributed by atoms with Crippen LogP contribution in [0.15, 0.2) is 0 Å². The molecule has 0 aromatic rings. The van der Waals surface area contributed by atoms with Gasteiger partial charge in [-0.15, -0.1) is 0 Å². The highest BCUT2D eigenvalue weighted by atomic mass is 31.2. The summed E-state index contributed by atoms with van der Waals surface area (Å²) in [6.07, 6.45) is 49.8. The van der Waals surface area contributed by atoms with Crippen LogP contribution in [0, 0.1) is 5.92 Å². The van der Waals surface area contributed by atoms with Crippen LogP contribution in [-0.4, -0.2) is 96.7 Å². The Morgan fingerprint density at radius 2 is 0.539 bits per heavy atom. The Labute approximate surface area is 543 Å². The molecule has 0 amide bonds. The Kier molecular flexibility index (Phi) is 62.1.